The van der Waals surface area contributed by atoms with Crippen LogP contribution in [-0.4, -0.2) is 36.1 Å². The van der Waals surface area contributed by atoms with Crippen LogP contribution in [0, 0.1) is 0 Å². The fourth-order valence-electron chi connectivity index (χ4n) is 3.49. The van der Waals surface area contributed by atoms with Crippen molar-refractivity contribution in [3.63, 3.8) is 0 Å². The highest BCUT2D eigenvalue weighted by atomic mass is 35.5. The molecule has 6 nitrogen and oxygen atoms in total. The van der Waals surface area contributed by atoms with Gasteiger partial charge in [-0.3, -0.25) is 9.59 Å². The second kappa shape index (κ2) is 10.3. The number of carbonyl (C=O) groups excluding carboxylic acids is 2. The molecule has 0 saturated heterocycles. The van der Waals surface area contributed by atoms with E-state index < -0.39 is 6.04 Å². The quantitative estimate of drug-likeness (QED) is 0.654. The molecule has 1 N–H and O–H groups in total. The van der Waals surface area contributed by atoms with Gasteiger partial charge in [-0.15, -0.1) is 0 Å². The highest BCUT2D eigenvalue weighted by Gasteiger charge is 2.28. The van der Waals surface area contributed by atoms with Crippen molar-refractivity contribution < 1.29 is 19.1 Å². The Kier molecular flexibility index (Phi) is 7.57. The molecule has 2 amide bonds. The van der Waals surface area contributed by atoms with Gasteiger partial charge in [0.1, 0.15) is 6.04 Å². The molecule has 0 spiro atoms. The number of hydrogen-bond acceptors (Lipinski definition) is 4. The van der Waals surface area contributed by atoms with Crippen molar-refractivity contribution in [2.45, 2.75) is 45.7 Å². The van der Waals surface area contributed by atoms with Gasteiger partial charge in [-0.2, -0.15) is 0 Å². The van der Waals surface area contributed by atoms with Crippen LogP contribution in [0.25, 0.3) is 0 Å². The minimum atomic E-state index is -0.523. The summed E-state index contributed by atoms with van der Waals surface area (Å²) >= 11 is 5.99. The minimum Gasteiger partial charge on any atom is -0.454 e. The molecule has 0 bridgehead atoms. The van der Waals surface area contributed by atoms with Crippen molar-refractivity contribution in [1.82, 2.24) is 10.2 Å². The van der Waals surface area contributed by atoms with Gasteiger partial charge in [0.25, 0.3) is 0 Å². The Morgan fingerprint density at radius 1 is 1.07 bits per heavy atom. The summed E-state index contributed by atoms with van der Waals surface area (Å²) in [5.41, 5.74) is 1.92. The molecular weight excluding hydrogens is 404 g/mol. The Morgan fingerprint density at radius 3 is 2.47 bits per heavy atom. The topological polar surface area (TPSA) is 67.9 Å². The van der Waals surface area contributed by atoms with E-state index in [0.717, 1.165) is 16.9 Å². The lowest BCUT2D eigenvalue weighted by atomic mass is 10.1. The third-order valence-electron chi connectivity index (χ3n) is 5.07. The summed E-state index contributed by atoms with van der Waals surface area (Å²) in [5, 5.41) is 3.48. The molecule has 1 unspecified atom stereocenters. The van der Waals surface area contributed by atoms with Crippen LogP contribution in [0.15, 0.2) is 42.5 Å². The maximum absolute atomic E-state index is 13.2. The van der Waals surface area contributed by atoms with E-state index in [1.54, 1.807) is 17.0 Å². The average Bonchev–Trinajstić information content (AvgIpc) is 3.21. The minimum absolute atomic E-state index is 0.0688. The largest absolute Gasteiger partial charge is 0.454 e. The summed E-state index contributed by atoms with van der Waals surface area (Å²) in [5.74, 6) is 1.22. The number of nitrogens with zero attached hydrogens (tertiary/aromatic N) is 1. The number of ether oxygens (including phenoxy) is 2. The Hall–Kier alpha value is -2.73. The molecule has 0 saturated carbocycles. The Bertz CT molecular complexity index is 885. The van der Waals surface area contributed by atoms with Gasteiger partial charge >= 0.3 is 0 Å². The molecule has 7 heteroatoms. The van der Waals surface area contributed by atoms with Crippen molar-refractivity contribution in [2.75, 3.05) is 13.3 Å². The van der Waals surface area contributed by atoms with Crippen molar-refractivity contribution in [3.8, 4) is 11.5 Å². The summed E-state index contributed by atoms with van der Waals surface area (Å²) in [4.78, 5) is 27.5. The third-order valence-corrected chi connectivity index (χ3v) is 5.32. The van der Waals surface area contributed by atoms with Gasteiger partial charge in [-0.25, -0.2) is 0 Å². The van der Waals surface area contributed by atoms with Gasteiger partial charge < -0.3 is 19.7 Å². The van der Waals surface area contributed by atoms with E-state index in [1.165, 1.54) is 0 Å². The molecule has 0 aliphatic carbocycles. The molecule has 0 aromatic heterocycles. The van der Waals surface area contributed by atoms with E-state index >= 15 is 0 Å². The van der Waals surface area contributed by atoms with E-state index in [-0.39, 0.29) is 18.6 Å². The van der Waals surface area contributed by atoms with Gasteiger partial charge in [0, 0.05) is 24.5 Å². The normalized spacial score (nSPS) is 13.0. The van der Waals surface area contributed by atoms with Gasteiger partial charge in [0.05, 0.1) is 0 Å². The van der Waals surface area contributed by atoms with Crippen molar-refractivity contribution in [3.05, 3.63) is 58.6 Å². The zero-order valence-corrected chi connectivity index (χ0v) is 18.1. The van der Waals surface area contributed by atoms with Crippen LogP contribution in [0.4, 0.5) is 0 Å². The smallest absolute Gasteiger partial charge is 0.242 e. The molecule has 30 heavy (non-hydrogen) atoms. The summed E-state index contributed by atoms with van der Waals surface area (Å²) < 4.78 is 10.8. The first-order valence-electron chi connectivity index (χ1n) is 10.2. The molecule has 2 aromatic rings. The second-order valence-corrected chi connectivity index (χ2v) is 7.59. The molecular formula is C23H27ClN2O4. The summed E-state index contributed by atoms with van der Waals surface area (Å²) in [6.07, 6.45) is 1.39. The summed E-state index contributed by atoms with van der Waals surface area (Å²) in [6.45, 7) is 4.88. The predicted octanol–water partition coefficient (Wildman–Crippen LogP) is 3.94. The van der Waals surface area contributed by atoms with Gasteiger partial charge in [0.2, 0.25) is 18.6 Å². The van der Waals surface area contributed by atoms with Crippen molar-refractivity contribution in [1.29, 1.82) is 0 Å². The summed E-state index contributed by atoms with van der Waals surface area (Å²) in [6, 6.07) is 12.5. The van der Waals surface area contributed by atoms with Crippen molar-refractivity contribution >= 4 is 23.4 Å². The molecule has 1 atom stereocenters. The standard InChI is InChI=1S/C23H27ClN2O4/c1-3-19(23(28)25-4-2)26(14-17-5-9-18(24)10-6-17)22(27)12-8-16-7-11-20-21(13-16)30-15-29-20/h5-7,9-11,13,19H,3-4,8,12,14-15H2,1-2H3,(H,25,28). The first-order valence-corrected chi connectivity index (χ1v) is 10.6. The number of likely N-dealkylation sites (N-methyl/N-ethyl adjacent to an activating group) is 1. The number of hydrogen-bond donors (Lipinski definition) is 1. The highest BCUT2D eigenvalue weighted by molar-refractivity contribution is 6.30. The number of nitrogens with one attached hydrogen (secondary N) is 1. The molecule has 2 aromatic carbocycles. The monoisotopic (exact) mass is 430 g/mol. The fourth-order valence-corrected chi connectivity index (χ4v) is 3.62. The molecule has 0 radical (unpaired) electrons. The van der Waals surface area contributed by atoms with E-state index in [2.05, 4.69) is 5.32 Å². The van der Waals surface area contributed by atoms with E-state index in [4.69, 9.17) is 21.1 Å². The zero-order valence-electron chi connectivity index (χ0n) is 17.3. The lowest BCUT2D eigenvalue weighted by molar-refractivity contribution is -0.141. The number of rotatable bonds is 9. The van der Waals surface area contributed by atoms with Crippen LogP contribution in [-0.2, 0) is 22.6 Å². The molecule has 0 fully saturated rings. The number of benzene rings is 2. The maximum Gasteiger partial charge on any atom is 0.242 e. The molecule has 1 aliphatic heterocycles. The Labute approximate surface area is 182 Å². The van der Waals surface area contributed by atoms with Crippen LogP contribution in [0.2, 0.25) is 5.02 Å². The maximum atomic E-state index is 13.2. The van der Waals surface area contributed by atoms with Crippen LogP contribution >= 0.6 is 11.6 Å². The van der Waals surface area contributed by atoms with Crippen LogP contribution < -0.4 is 14.8 Å². The van der Waals surface area contributed by atoms with Crippen LogP contribution in [0.5, 0.6) is 11.5 Å². The van der Waals surface area contributed by atoms with Gasteiger partial charge in [0.15, 0.2) is 11.5 Å². The van der Waals surface area contributed by atoms with E-state index in [1.807, 2.05) is 44.2 Å². The average molecular weight is 431 g/mol. The molecule has 1 aliphatic rings. The third kappa shape index (κ3) is 5.45. The first kappa shape index (κ1) is 22.0. The summed E-state index contributed by atoms with van der Waals surface area (Å²) in [7, 11) is 0. The van der Waals surface area contributed by atoms with Crippen molar-refractivity contribution in [2.24, 2.45) is 0 Å². The van der Waals surface area contributed by atoms with E-state index in [9.17, 15) is 9.59 Å². The first-order chi connectivity index (χ1) is 14.5. The number of halogens is 1. The lowest BCUT2D eigenvalue weighted by Gasteiger charge is -2.30. The second-order valence-electron chi connectivity index (χ2n) is 7.15. The highest BCUT2D eigenvalue weighted by Crippen LogP contribution is 2.32. The number of amides is 2. The van der Waals surface area contributed by atoms with Gasteiger partial charge in [-0.1, -0.05) is 36.7 Å². The zero-order chi connectivity index (χ0) is 21.5. The SMILES string of the molecule is CCNC(=O)C(CC)N(Cc1ccc(Cl)cc1)C(=O)CCc1ccc2c(c1)OCO2. The Balaban J connectivity index is 1.74. The number of fused-ring (bicyclic) bond motifs is 1. The van der Waals surface area contributed by atoms with Gasteiger partial charge in [-0.05, 0) is 55.2 Å². The number of carbonyl (C=O) groups is 2. The number of aryl methyl sites for hydroxylation is 1. The Morgan fingerprint density at radius 2 is 1.77 bits per heavy atom. The molecule has 3 rings (SSSR count). The fraction of sp³-hybridized carbons (Fsp3) is 0.391. The van der Waals surface area contributed by atoms with E-state index in [0.29, 0.717) is 43.1 Å². The predicted molar refractivity (Wildman–Crippen MR) is 116 cm³/mol. The van der Waals surface area contributed by atoms with Crippen LogP contribution in [0.1, 0.15) is 37.8 Å². The van der Waals surface area contributed by atoms with Crippen LogP contribution in [0.3, 0.4) is 0 Å². The molecule has 160 valence electrons. The molecule has 1 heterocycles. The lowest BCUT2D eigenvalue weighted by Crippen LogP contribution is -2.49.